The normalized spacial score (nSPS) is 46.5. The lowest BCUT2D eigenvalue weighted by Crippen LogP contribution is -2.75. The zero-order valence-corrected chi connectivity index (χ0v) is 23.7. The Morgan fingerprint density at radius 1 is 1.13 bits per heavy atom. The van der Waals surface area contributed by atoms with Crippen molar-refractivity contribution in [2.24, 2.45) is 34.5 Å². The van der Waals surface area contributed by atoms with Gasteiger partial charge in [0.2, 0.25) is 6.29 Å². The molecule has 10 heteroatoms. The molecule has 0 aromatic rings. The third kappa shape index (κ3) is 4.28. The SMILES string of the molecule is CC[C@H](C)C(=O)O[C@@H]1C[C@H](O)[C@]2(CO2)[C@]2(COC(C)=O)[C@@H](OC(C)=O)C[C@@H](C)[C@](C)([C@@H]3C[C@H]4C=CO[C@@H]4O3)[C@@H]12. The van der Waals surface area contributed by atoms with Crippen molar-refractivity contribution < 1.29 is 47.9 Å². The molecule has 2 saturated heterocycles. The van der Waals surface area contributed by atoms with E-state index in [2.05, 4.69) is 13.8 Å². The van der Waals surface area contributed by atoms with Crippen molar-refractivity contribution in [1.82, 2.24) is 0 Å². The first-order chi connectivity index (χ1) is 18.4. The van der Waals surface area contributed by atoms with Gasteiger partial charge in [0.25, 0.3) is 0 Å². The molecule has 3 heterocycles. The van der Waals surface area contributed by atoms with Crippen molar-refractivity contribution in [3.63, 3.8) is 0 Å². The number of hydrogen-bond acceptors (Lipinski definition) is 10. The molecule has 1 N–H and O–H groups in total. The van der Waals surface area contributed by atoms with Gasteiger partial charge < -0.3 is 33.5 Å². The van der Waals surface area contributed by atoms with E-state index in [9.17, 15) is 19.5 Å². The predicted octanol–water partition coefficient (Wildman–Crippen LogP) is 2.90. The van der Waals surface area contributed by atoms with E-state index in [1.165, 1.54) is 13.8 Å². The fraction of sp³-hybridized carbons (Fsp3) is 0.828. The molecule has 0 unspecified atom stereocenters. The number of carbonyl (C=O) groups excluding carboxylic acids is 3. The highest BCUT2D eigenvalue weighted by atomic mass is 16.7. The van der Waals surface area contributed by atoms with Gasteiger partial charge in [-0.15, -0.1) is 0 Å². The maximum Gasteiger partial charge on any atom is 0.308 e. The molecule has 10 nitrogen and oxygen atoms in total. The van der Waals surface area contributed by atoms with E-state index >= 15 is 0 Å². The van der Waals surface area contributed by atoms with Crippen LogP contribution in [0.2, 0.25) is 0 Å². The summed E-state index contributed by atoms with van der Waals surface area (Å²) in [5, 5.41) is 11.6. The summed E-state index contributed by atoms with van der Waals surface area (Å²) in [5.41, 5.74) is -2.95. The van der Waals surface area contributed by atoms with Crippen LogP contribution >= 0.6 is 0 Å². The van der Waals surface area contributed by atoms with Crippen LogP contribution in [0, 0.1) is 34.5 Å². The summed E-state index contributed by atoms with van der Waals surface area (Å²) in [5.74, 6) is -2.16. The minimum atomic E-state index is -1.18. The van der Waals surface area contributed by atoms with Crippen LogP contribution in [0.4, 0.5) is 0 Å². The Morgan fingerprint density at radius 2 is 1.85 bits per heavy atom. The lowest BCUT2D eigenvalue weighted by atomic mass is 9.41. The van der Waals surface area contributed by atoms with Crippen LogP contribution in [0.3, 0.4) is 0 Å². The van der Waals surface area contributed by atoms with Gasteiger partial charge in [0, 0.05) is 37.5 Å². The Balaban J connectivity index is 1.68. The highest BCUT2D eigenvalue weighted by molar-refractivity contribution is 5.72. The monoisotopic (exact) mass is 550 g/mol. The van der Waals surface area contributed by atoms with E-state index in [-0.39, 0.29) is 49.5 Å². The minimum Gasteiger partial charge on any atom is -0.472 e. The molecule has 0 amide bonds. The van der Waals surface area contributed by atoms with Crippen LogP contribution in [0.25, 0.3) is 0 Å². The number of esters is 3. The Labute approximate surface area is 229 Å². The van der Waals surface area contributed by atoms with Gasteiger partial charge in [0.1, 0.15) is 24.4 Å². The summed E-state index contributed by atoms with van der Waals surface area (Å²) in [4.78, 5) is 37.9. The first-order valence-corrected chi connectivity index (χ1v) is 14.2. The molecule has 0 radical (unpaired) electrons. The van der Waals surface area contributed by atoms with Crippen molar-refractivity contribution >= 4 is 17.9 Å². The van der Waals surface area contributed by atoms with E-state index in [0.717, 1.165) is 0 Å². The summed E-state index contributed by atoms with van der Waals surface area (Å²) in [6.07, 6.45) is 2.36. The number of rotatable bonds is 7. The summed E-state index contributed by atoms with van der Waals surface area (Å²) in [6, 6.07) is 0. The number of aliphatic hydroxyl groups is 1. The highest BCUT2D eigenvalue weighted by Gasteiger charge is 2.81. The zero-order valence-electron chi connectivity index (χ0n) is 23.7. The van der Waals surface area contributed by atoms with Crippen molar-refractivity contribution in [2.45, 2.75) is 104 Å². The lowest BCUT2D eigenvalue weighted by molar-refractivity contribution is -0.293. The molecule has 2 saturated carbocycles. The number of ether oxygens (including phenoxy) is 6. The molecule has 0 aromatic heterocycles. The third-order valence-corrected chi connectivity index (χ3v) is 10.5. The fourth-order valence-electron chi connectivity index (χ4n) is 8.06. The fourth-order valence-corrected chi connectivity index (χ4v) is 8.06. The largest absolute Gasteiger partial charge is 0.472 e. The van der Waals surface area contributed by atoms with Crippen LogP contribution in [0.15, 0.2) is 12.3 Å². The van der Waals surface area contributed by atoms with Crippen molar-refractivity contribution in [3.8, 4) is 0 Å². The summed E-state index contributed by atoms with van der Waals surface area (Å²) >= 11 is 0. The third-order valence-electron chi connectivity index (χ3n) is 10.5. The average molecular weight is 551 g/mol. The Kier molecular flexibility index (Phi) is 7.29. The van der Waals surface area contributed by atoms with E-state index in [0.29, 0.717) is 19.3 Å². The lowest BCUT2D eigenvalue weighted by Gasteiger charge is -2.65. The Morgan fingerprint density at radius 3 is 2.44 bits per heavy atom. The van der Waals surface area contributed by atoms with Gasteiger partial charge in [-0.2, -0.15) is 0 Å². The number of hydrogen-bond donors (Lipinski definition) is 1. The molecule has 3 aliphatic heterocycles. The van der Waals surface area contributed by atoms with E-state index in [1.807, 2.05) is 19.9 Å². The molecule has 4 fully saturated rings. The summed E-state index contributed by atoms with van der Waals surface area (Å²) in [7, 11) is 0. The molecule has 12 atom stereocenters. The molecular formula is C29H42O10. The number of carbonyl (C=O) groups is 3. The molecule has 218 valence electrons. The number of fused-ring (bicyclic) bond motifs is 3. The topological polar surface area (TPSA) is 130 Å². The second-order valence-corrected chi connectivity index (χ2v) is 12.5. The van der Waals surface area contributed by atoms with Crippen LogP contribution < -0.4 is 0 Å². The molecular weight excluding hydrogens is 508 g/mol. The van der Waals surface area contributed by atoms with Crippen LogP contribution in [0.5, 0.6) is 0 Å². The second-order valence-electron chi connectivity index (χ2n) is 12.5. The van der Waals surface area contributed by atoms with E-state index in [1.54, 1.807) is 6.26 Å². The number of aliphatic hydroxyl groups excluding tert-OH is 1. The van der Waals surface area contributed by atoms with E-state index < -0.39 is 58.9 Å². The van der Waals surface area contributed by atoms with Crippen LogP contribution in [-0.4, -0.2) is 72.5 Å². The minimum absolute atomic E-state index is 0.0547. The Hall–Kier alpha value is -2.17. The van der Waals surface area contributed by atoms with Crippen molar-refractivity contribution in [1.29, 1.82) is 0 Å². The predicted molar refractivity (Wildman–Crippen MR) is 136 cm³/mol. The van der Waals surface area contributed by atoms with Crippen LogP contribution in [-0.2, 0) is 42.8 Å². The molecule has 0 aromatic carbocycles. The van der Waals surface area contributed by atoms with Crippen LogP contribution in [0.1, 0.15) is 67.2 Å². The Bertz CT molecular complexity index is 1020. The van der Waals surface area contributed by atoms with Gasteiger partial charge >= 0.3 is 17.9 Å². The molecule has 5 rings (SSSR count). The van der Waals surface area contributed by atoms with E-state index in [4.69, 9.17) is 28.4 Å². The smallest absolute Gasteiger partial charge is 0.308 e. The first kappa shape index (κ1) is 28.4. The van der Waals surface area contributed by atoms with Gasteiger partial charge in [-0.25, -0.2) is 0 Å². The standard InChI is InChI=1S/C29H42O10/c1-7-15(2)25(33)38-20-12-21(32)29(14-36-29)28(13-35-17(4)30)23(37-18(5)31)10-16(3)27(6,24(20)28)22-11-19-8-9-34-26(19)39-22/h8-9,15-16,19-24,26,32H,7,10-14H2,1-6H3/t15-,16+,19+,20+,21-,22-,23-,24+,26+,27+,28+,29+/m0/s1. The first-order valence-electron chi connectivity index (χ1n) is 14.2. The summed E-state index contributed by atoms with van der Waals surface area (Å²) < 4.78 is 36.3. The zero-order chi connectivity index (χ0) is 28.3. The second kappa shape index (κ2) is 10.0. The van der Waals surface area contributed by atoms with Crippen molar-refractivity contribution in [3.05, 3.63) is 12.3 Å². The quantitative estimate of drug-likeness (QED) is 0.287. The van der Waals surface area contributed by atoms with Gasteiger partial charge in [-0.1, -0.05) is 27.7 Å². The average Bonchev–Trinajstić information content (AvgIpc) is 3.38. The molecule has 39 heavy (non-hydrogen) atoms. The van der Waals surface area contributed by atoms with Gasteiger partial charge in [0.15, 0.2) is 0 Å². The molecule has 2 aliphatic carbocycles. The molecule has 1 spiro atoms. The van der Waals surface area contributed by atoms with Crippen molar-refractivity contribution in [2.75, 3.05) is 13.2 Å². The van der Waals surface area contributed by atoms with Gasteiger partial charge in [0.05, 0.1) is 36.4 Å². The maximum atomic E-state index is 13.2. The van der Waals surface area contributed by atoms with Gasteiger partial charge in [-0.05, 0) is 31.3 Å². The molecule has 5 aliphatic rings. The molecule has 0 bridgehead atoms. The summed E-state index contributed by atoms with van der Waals surface area (Å²) in [6.45, 7) is 10.7. The van der Waals surface area contributed by atoms with Gasteiger partial charge in [-0.3, -0.25) is 14.4 Å². The highest BCUT2D eigenvalue weighted by Crippen LogP contribution is 2.70. The number of epoxide rings is 1. The maximum absolute atomic E-state index is 13.2.